The molecule has 1 saturated carbocycles. The first kappa shape index (κ1) is 10.3. The molecule has 0 radical (unpaired) electrons. The Morgan fingerprint density at radius 2 is 1.81 bits per heavy atom. The molecule has 1 unspecified atom stereocenters. The van der Waals surface area contributed by atoms with E-state index in [2.05, 4.69) is 29.6 Å². The van der Waals surface area contributed by atoms with E-state index in [1.54, 1.807) is 0 Å². The Labute approximate surface area is 97.2 Å². The topological polar surface area (TPSA) is 38.0 Å². The lowest BCUT2D eigenvalue weighted by atomic mass is 9.80. The number of nitrogens with two attached hydrogens (primary N) is 1. The zero-order valence-electron chi connectivity index (χ0n) is 9.65. The van der Waals surface area contributed by atoms with Crippen molar-refractivity contribution in [3.05, 3.63) is 35.4 Å². The molecule has 3 rings (SSSR count). The molecular formula is C14H20N2. The minimum absolute atomic E-state index is 0.452. The predicted molar refractivity (Wildman–Crippen MR) is 66.0 cm³/mol. The molecule has 86 valence electrons. The van der Waals surface area contributed by atoms with Gasteiger partial charge in [-0.1, -0.05) is 24.3 Å². The van der Waals surface area contributed by atoms with Crippen LogP contribution in [0.5, 0.6) is 0 Å². The van der Waals surface area contributed by atoms with Crippen molar-refractivity contribution in [2.24, 2.45) is 11.7 Å². The van der Waals surface area contributed by atoms with Gasteiger partial charge in [0.1, 0.15) is 0 Å². The van der Waals surface area contributed by atoms with Crippen LogP contribution in [0.25, 0.3) is 0 Å². The Bertz CT molecular complexity index is 367. The Balaban J connectivity index is 1.77. The van der Waals surface area contributed by atoms with Crippen molar-refractivity contribution >= 4 is 0 Å². The highest BCUT2D eigenvalue weighted by Gasteiger charge is 2.31. The van der Waals surface area contributed by atoms with Crippen LogP contribution in [0.3, 0.4) is 0 Å². The summed E-state index contributed by atoms with van der Waals surface area (Å²) in [4.78, 5) is 0. The van der Waals surface area contributed by atoms with E-state index < -0.39 is 0 Å². The van der Waals surface area contributed by atoms with Crippen LogP contribution in [0.2, 0.25) is 0 Å². The van der Waals surface area contributed by atoms with Crippen LogP contribution in [0, 0.1) is 5.92 Å². The molecule has 3 N–H and O–H groups in total. The lowest BCUT2D eigenvalue weighted by Gasteiger charge is -2.31. The van der Waals surface area contributed by atoms with E-state index in [9.17, 15) is 0 Å². The van der Waals surface area contributed by atoms with E-state index >= 15 is 0 Å². The predicted octanol–water partition coefficient (Wildman–Crippen LogP) is 2.35. The van der Waals surface area contributed by atoms with E-state index in [1.165, 1.54) is 36.8 Å². The van der Waals surface area contributed by atoms with Crippen LogP contribution in [0.15, 0.2) is 24.3 Å². The van der Waals surface area contributed by atoms with Crippen molar-refractivity contribution < 1.29 is 0 Å². The van der Waals surface area contributed by atoms with Gasteiger partial charge < -0.3 is 11.1 Å². The average Bonchev–Trinajstić information content (AvgIpc) is 2.74. The third-order valence-electron chi connectivity index (χ3n) is 4.19. The molecule has 0 saturated heterocycles. The molecule has 1 fully saturated rings. The summed E-state index contributed by atoms with van der Waals surface area (Å²) in [7, 11) is 0. The average molecular weight is 216 g/mol. The van der Waals surface area contributed by atoms with Gasteiger partial charge in [0.15, 0.2) is 0 Å². The molecule has 0 aromatic heterocycles. The second-order valence-electron chi connectivity index (χ2n) is 5.23. The van der Waals surface area contributed by atoms with Crippen LogP contribution in [-0.2, 0) is 6.54 Å². The normalized spacial score (nSPS) is 33.7. The van der Waals surface area contributed by atoms with Crippen molar-refractivity contribution in [3.63, 3.8) is 0 Å². The molecule has 1 aromatic rings. The van der Waals surface area contributed by atoms with E-state index in [0.29, 0.717) is 12.1 Å². The van der Waals surface area contributed by atoms with Gasteiger partial charge in [0, 0.05) is 18.6 Å². The first-order valence-corrected chi connectivity index (χ1v) is 6.41. The van der Waals surface area contributed by atoms with Crippen LogP contribution in [0.1, 0.15) is 42.9 Å². The maximum Gasteiger partial charge on any atom is 0.0354 e. The standard InChI is InChI=1S/C14H20N2/c15-12-7-5-10(6-8-12)14-13-4-2-1-3-11(13)9-16-14/h1-4,10,12,14,16H,5-9,15H2. The smallest absolute Gasteiger partial charge is 0.0354 e. The molecule has 2 nitrogen and oxygen atoms in total. The summed E-state index contributed by atoms with van der Waals surface area (Å²) < 4.78 is 0. The summed E-state index contributed by atoms with van der Waals surface area (Å²) in [6.45, 7) is 1.05. The number of hydrogen-bond donors (Lipinski definition) is 2. The minimum Gasteiger partial charge on any atom is -0.328 e. The molecule has 2 aliphatic rings. The van der Waals surface area contributed by atoms with Gasteiger partial charge in [0.25, 0.3) is 0 Å². The SMILES string of the molecule is NC1CCC(C2NCc3ccccc32)CC1. The third-order valence-corrected chi connectivity index (χ3v) is 4.19. The fraction of sp³-hybridized carbons (Fsp3) is 0.571. The lowest BCUT2D eigenvalue weighted by molar-refractivity contribution is 0.263. The second kappa shape index (κ2) is 4.19. The molecular weight excluding hydrogens is 196 g/mol. The van der Waals surface area contributed by atoms with Gasteiger partial charge in [-0.25, -0.2) is 0 Å². The summed E-state index contributed by atoms with van der Waals surface area (Å²) >= 11 is 0. The van der Waals surface area contributed by atoms with Gasteiger partial charge >= 0.3 is 0 Å². The summed E-state index contributed by atoms with van der Waals surface area (Å²) in [5, 5.41) is 3.67. The van der Waals surface area contributed by atoms with Crippen LogP contribution < -0.4 is 11.1 Å². The lowest BCUT2D eigenvalue weighted by Crippen LogP contribution is -2.31. The van der Waals surface area contributed by atoms with Crippen molar-refractivity contribution in [3.8, 4) is 0 Å². The monoisotopic (exact) mass is 216 g/mol. The van der Waals surface area contributed by atoms with Crippen LogP contribution in [0.4, 0.5) is 0 Å². The summed E-state index contributed by atoms with van der Waals surface area (Å²) in [5.74, 6) is 0.795. The zero-order valence-corrected chi connectivity index (χ0v) is 9.65. The first-order chi connectivity index (χ1) is 7.84. The number of benzene rings is 1. The zero-order chi connectivity index (χ0) is 11.0. The number of nitrogens with one attached hydrogen (secondary N) is 1. The highest BCUT2D eigenvalue weighted by Crippen LogP contribution is 2.38. The fourth-order valence-electron chi connectivity index (χ4n) is 3.23. The van der Waals surface area contributed by atoms with E-state index in [0.717, 1.165) is 12.5 Å². The van der Waals surface area contributed by atoms with E-state index in [-0.39, 0.29) is 0 Å². The molecule has 0 bridgehead atoms. The quantitative estimate of drug-likeness (QED) is 0.756. The Kier molecular flexibility index (Phi) is 2.70. The maximum atomic E-state index is 5.97. The number of fused-ring (bicyclic) bond motifs is 1. The highest BCUT2D eigenvalue weighted by molar-refractivity contribution is 5.34. The molecule has 0 spiro atoms. The van der Waals surface area contributed by atoms with Crippen molar-refractivity contribution in [1.29, 1.82) is 0 Å². The Morgan fingerprint density at radius 1 is 1.06 bits per heavy atom. The van der Waals surface area contributed by atoms with Gasteiger partial charge in [-0.05, 0) is 42.7 Å². The Hall–Kier alpha value is -0.860. The van der Waals surface area contributed by atoms with E-state index in [1.807, 2.05) is 0 Å². The largest absolute Gasteiger partial charge is 0.328 e. The van der Waals surface area contributed by atoms with Crippen molar-refractivity contribution in [2.45, 2.75) is 44.3 Å². The number of hydrogen-bond acceptors (Lipinski definition) is 2. The van der Waals surface area contributed by atoms with Gasteiger partial charge in [0.2, 0.25) is 0 Å². The van der Waals surface area contributed by atoms with Gasteiger partial charge in [0.05, 0.1) is 0 Å². The van der Waals surface area contributed by atoms with E-state index in [4.69, 9.17) is 5.73 Å². The van der Waals surface area contributed by atoms with Gasteiger partial charge in [-0.3, -0.25) is 0 Å². The molecule has 1 heterocycles. The van der Waals surface area contributed by atoms with Crippen molar-refractivity contribution in [2.75, 3.05) is 0 Å². The third kappa shape index (κ3) is 1.76. The summed E-state index contributed by atoms with van der Waals surface area (Å²) in [5.41, 5.74) is 8.99. The van der Waals surface area contributed by atoms with Gasteiger partial charge in [-0.15, -0.1) is 0 Å². The first-order valence-electron chi connectivity index (χ1n) is 6.41. The molecule has 1 atom stereocenters. The molecule has 1 aromatic carbocycles. The molecule has 1 aliphatic carbocycles. The molecule has 1 aliphatic heterocycles. The molecule has 16 heavy (non-hydrogen) atoms. The van der Waals surface area contributed by atoms with Gasteiger partial charge in [-0.2, -0.15) is 0 Å². The minimum atomic E-state index is 0.452. The highest BCUT2D eigenvalue weighted by atomic mass is 14.9. The Morgan fingerprint density at radius 3 is 2.62 bits per heavy atom. The summed E-state index contributed by atoms with van der Waals surface area (Å²) in [6.07, 6.45) is 4.97. The summed E-state index contributed by atoms with van der Waals surface area (Å²) in [6, 6.07) is 9.87. The maximum absolute atomic E-state index is 5.97. The molecule has 2 heteroatoms. The van der Waals surface area contributed by atoms with Crippen LogP contribution in [-0.4, -0.2) is 6.04 Å². The molecule has 0 amide bonds. The second-order valence-corrected chi connectivity index (χ2v) is 5.23. The van der Waals surface area contributed by atoms with Crippen LogP contribution >= 0.6 is 0 Å². The fourth-order valence-corrected chi connectivity index (χ4v) is 3.23. The van der Waals surface area contributed by atoms with Crippen molar-refractivity contribution in [1.82, 2.24) is 5.32 Å². The number of rotatable bonds is 1.